The van der Waals surface area contributed by atoms with Crippen LogP contribution in [-0.2, 0) is 6.54 Å². The van der Waals surface area contributed by atoms with E-state index in [1.807, 2.05) is 6.20 Å². The summed E-state index contributed by atoms with van der Waals surface area (Å²) in [6.45, 7) is 3.13. The topological polar surface area (TPSA) is 28.2 Å². The molecule has 1 saturated carbocycles. The number of rotatable bonds is 4. The first-order valence-electron chi connectivity index (χ1n) is 7.46. The fourth-order valence-electron chi connectivity index (χ4n) is 2.62. The Morgan fingerprint density at radius 1 is 1.21 bits per heavy atom. The van der Waals surface area contributed by atoms with Crippen molar-refractivity contribution in [3.8, 4) is 0 Å². The zero-order valence-electron chi connectivity index (χ0n) is 11.4. The van der Waals surface area contributed by atoms with Crippen LogP contribution in [0.15, 0.2) is 12.3 Å². The molecule has 1 aliphatic heterocycles. The number of nitrogens with one attached hydrogen (secondary N) is 1. The molecular weight excluding hydrogens is 258 g/mol. The molecule has 0 spiro atoms. The summed E-state index contributed by atoms with van der Waals surface area (Å²) in [5, 5.41) is 4.31. The molecule has 0 amide bonds. The van der Waals surface area contributed by atoms with Gasteiger partial charge in [0.15, 0.2) is 0 Å². The lowest BCUT2D eigenvalue weighted by Gasteiger charge is -2.22. The molecule has 1 aromatic rings. The fraction of sp³-hybridized carbons (Fsp3) is 0.667. The molecule has 1 aromatic heterocycles. The van der Waals surface area contributed by atoms with Gasteiger partial charge in [-0.05, 0) is 37.3 Å². The van der Waals surface area contributed by atoms with Crippen molar-refractivity contribution in [1.82, 2.24) is 10.3 Å². The number of nitrogens with zero attached hydrogens (tertiary/aromatic N) is 2. The molecule has 3 nitrogen and oxygen atoms in total. The van der Waals surface area contributed by atoms with Gasteiger partial charge < -0.3 is 10.2 Å². The van der Waals surface area contributed by atoms with Crippen LogP contribution in [0.4, 0.5) is 5.82 Å². The average molecular weight is 280 g/mol. The van der Waals surface area contributed by atoms with Crippen LogP contribution in [0.25, 0.3) is 0 Å². The summed E-state index contributed by atoms with van der Waals surface area (Å²) in [6.07, 6.45) is 9.68. The second kappa shape index (κ2) is 6.10. The largest absolute Gasteiger partial charge is 0.357 e. The van der Waals surface area contributed by atoms with Crippen molar-refractivity contribution in [2.24, 2.45) is 0 Å². The molecule has 1 N–H and O–H groups in total. The molecule has 0 atom stereocenters. The van der Waals surface area contributed by atoms with E-state index < -0.39 is 0 Å². The first-order chi connectivity index (χ1) is 9.33. The summed E-state index contributed by atoms with van der Waals surface area (Å²) in [5.74, 6) is 1.10. The lowest BCUT2D eigenvalue weighted by atomic mass is 10.2. The molecule has 0 unspecified atom stereocenters. The van der Waals surface area contributed by atoms with Crippen LogP contribution in [0.2, 0.25) is 5.02 Å². The third-order valence-corrected chi connectivity index (χ3v) is 4.35. The highest BCUT2D eigenvalue weighted by molar-refractivity contribution is 6.31. The number of hydrogen-bond donors (Lipinski definition) is 1. The van der Waals surface area contributed by atoms with Crippen molar-refractivity contribution < 1.29 is 0 Å². The van der Waals surface area contributed by atoms with Crippen LogP contribution in [0, 0.1) is 0 Å². The molecule has 0 aromatic carbocycles. The maximum atomic E-state index is 6.25. The maximum Gasteiger partial charge on any atom is 0.128 e. The summed E-state index contributed by atoms with van der Waals surface area (Å²) in [4.78, 5) is 6.92. The second-order valence-corrected chi connectivity index (χ2v) is 6.10. The lowest BCUT2D eigenvalue weighted by molar-refractivity contribution is 0.686. The minimum absolute atomic E-state index is 0.714. The number of halogens is 1. The Balaban J connectivity index is 1.70. The van der Waals surface area contributed by atoms with E-state index in [2.05, 4.69) is 21.3 Å². The molecule has 1 saturated heterocycles. The molecule has 2 aliphatic rings. The van der Waals surface area contributed by atoms with Gasteiger partial charge in [0.25, 0.3) is 0 Å². The van der Waals surface area contributed by atoms with E-state index in [0.717, 1.165) is 30.5 Å². The van der Waals surface area contributed by atoms with E-state index in [-0.39, 0.29) is 0 Å². The monoisotopic (exact) mass is 279 g/mol. The highest BCUT2D eigenvalue weighted by Gasteiger charge is 2.21. The third-order valence-electron chi connectivity index (χ3n) is 4.01. The molecule has 1 aliphatic carbocycles. The lowest BCUT2D eigenvalue weighted by Crippen LogP contribution is -2.25. The van der Waals surface area contributed by atoms with E-state index in [9.17, 15) is 0 Å². The van der Waals surface area contributed by atoms with E-state index >= 15 is 0 Å². The van der Waals surface area contributed by atoms with Crippen LogP contribution >= 0.6 is 11.6 Å². The summed E-state index contributed by atoms with van der Waals surface area (Å²) in [5.41, 5.74) is 1.18. The maximum absolute atomic E-state index is 6.25. The zero-order valence-corrected chi connectivity index (χ0v) is 12.1. The molecule has 0 radical (unpaired) electrons. The molecule has 104 valence electrons. The Kier molecular flexibility index (Phi) is 4.24. The molecule has 3 rings (SSSR count). The van der Waals surface area contributed by atoms with Crippen LogP contribution in [0.5, 0.6) is 0 Å². The Bertz CT molecular complexity index is 423. The van der Waals surface area contributed by atoms with Crippen molar-refractivity contribution in [2.45, 2.75) is 51.1 Å². The van der Waals surface area contributed by atoms with Crippen molar-refractivity contribution in [3.63, 3.8) is 0 Å². The number of anilines is 1. The summed E-state index contributed by atoms with van der Waals surface area (Å²) in [6, 6.07) is 2.88. The number of hydrogen-bond acceptors (Lipinski definition) is 3. The molecule has 2 heterocycles. The smallest absolute Gasteiger partial charge is 0.128 e. The molecular formula is C15H22ClN3. The van der Waals surface area contributed by atoms with E-state index in [1.54, 1.807) is 0 Å². The van der Waals surface area contributed by atoms with Gasteiger partial charge in [0.1, 0.15) is 5.82 Å². The molecule has 19 heavy (non-hydrogen) atoms. The van der Waals surface area contributed by atoms with Crippen molar-refractivity contribution >= 4 is 17.4 Å². The van der Waals surface area contributed by atoms with Gasteiger partial charge in [-0.3, -0.25) is 0 Å². The third kappa shape index (κ3) is 3.61. The normalized spacial score (nSPS) is 20.4. The van der Waals surface area contributed by atoms with Crippen molar-refractivity contribution in [3.05, 3.63) is 22.8 Å². The van der Waals surface area contributed by atoms with Gasteiger partial charge in [-0.15, -0.1) is 0 Å². The highest BCUT2D eigenvalue weighted by atomic mass is 35.5. The van der Waals surface area contributed by atoms with Crippen LogP contribution in [0.3, 0.4) is 0 Å². The van der Waals surface area contributed by atoms with Crippen LogP contribution < -0.4 is 10.2 Å². The average Bonchev–Trinajstić information content (AvgIpc) is 3.25. The Labute approximate surface area is 120 Å². The fourth-order valence-corrected chi connectivity index (χ4v) is 2.79. The van der Waals surface area contributed by atoms with Gasteiger partial charge in [-0.25, -0.2) is 4.98 Å². The van der Waals surface area contributed by atoms with E-state index in [0.29, 0.717) is 6.04 Å². The number of aromatic nitrogens is 1. The first kappa shape index (κ1) is 13.2. The van der Waals surface area contributed by atoms with Gasteiger partial charge in [0.2, 0.25) is 0 Å². The molecule has 2 fully saturated rings. The Hall–Kier alpha value is -0.800. The van der Waals surface area contributed by atoms with Gasteiger partial charge in [-0.1, -0.05) is 24.4 Å². The minimum atomic E-state index is 0.714. The van der Waals surface area contributed by atoms with Crippen molar-refractivity contribution in [2.75, 3.05) is 18.0 Å². The van der Waals surface area contributed by atoms with Crippen LogP contribution in [-0.4, -0.2) is 24.1 Å². The van der Waals surface area contributed by atoms with Gasteiger partial charge in [0, 0.05) is 31.9 Å². The first-order valence-corrected chi connectivity index (χ1v) is 7.83. The second-order valence-electron chi connectivity index (χ2n) is 5.69. The summed E-state index contributed by atoms with van der Waals surface area (Å²) < 4.78 is 0. The standard InChI is InChI=1S/C15H22ClN3/c16-14-11-18-15(19-7-3-1-2-4-8-19)9-12(14)10-17-13-5-6-13/h9,11,13,17H,1-8,10H2. The number of pyridine rings is 1. The van der Waals surface area contributed by atoms with E-state index in [1.165, 1.54) is 44.1 Å². The van der Waals surface area contributed by atoms with E-state index in [4.69, 9.17) is 11.6 Å². The predicted molar refractivity (Wildman–Crippen MR) is 79.8 cm³/mol. The summed E-state index contributed by atoms with van der Waals surface area (Å²) >= 11 is 6.25. The van der Waals surface area contributed by atoms with Gasteiger partial charge in [0.05, 0.1) is 5.02 Å². The quantitative estimate of drug-likeness (QED) is 0.916. The highest BCUT2D eigenvalue weighted by Crippen LogP contribution is 2.24. The van der Waals surface area contributed by atoms with Crippen LogP contribution in [0.1, 0.15) is 44.1 Å². The molecule has 0 bridgehead atoms. The summed E-state index contributed by atoms with van der Waals surface area (Å²) in [7, 11) is 0. The Morgan fingerprint density at radius 2 is 1.95 bits per heavy atom. The predicted octanol–water partition coefficient (Wildman–Crippen LogP) is 3.37. The van der Waals surface area contributed by atoms with Gasteiger partial charge >= 0.3 is 0 Å². The minimum Gasteiger partial charge on any atom is -0.357 e. The molecule has 4 heteroatoms. The van der Waals surface area contributed by atoms with Gasteiger partial charge in [-0.2, -0.15) is 0 Å². The zero-order chi connectivity index (χ0) is 13.1. The SMILES string of the molecule is Clc1cnc(N2CCCCCC2)cc1CNC1CC1. The Morgan fingerprint density at radius 3 is 2.63 bits per heavy atom. The van der Waals surface area contributed by atoms with Crippen molar-refractivity contribution in [1.29, 1.82) is 0 Å².